The number of hydrogen-bond acceptors (Lipinski definition) is 11. The highest BCUT2D eigenvalue weighted by atomic mass is 16.7. The summed E-state index contributed by atoms with van der Waals surface area (Å²) < 4.78 is 17.7. The van der Waals surface area contributed by atoms with Gasteiger partial charge >= 0.3 is 6.16 Å². The topological polar surface area (TPSA) is 175 Å². The van der Waals surface area contributed by atoms with Crippen molar-refractivity contribution in [2.45, 2.75) is 31.0 Å². The van der Waals surface area contributed by atoms with Crippen molar-refractivity contribution in [2.24, 2.45) is 0 Å². The average Bonchev–Trinajstić information content (AvgIpc) is 3.49. The van der Waals surface area contributed by atoms with Crippen molar-refractivity contribution < 1.29 is 34.0 Å². The molecule has 1 amide bonds. The molecule has 208 valence electrons. The second-order valence-electron chi connectivity index (χ2n) is 9.52. The quantitative estimate of drug-likeness (QED) is 0.226. The summed E-state index contributed by atoms with van der Waals surface area (Å²) in [6, 6.07) is 14.2. The number of aliphatic hydroxyl groups is 2. The van der Waals surface area contributed by atoms with Crippen LogP contribution in [0.4, 0.5) is 10.6 Å². The largest absolute Gasteiger partial charge is 0.513 e. The van der Waals surface area contributed by atoms with Gasteiger partial charge in [-0.05, 0) is 41.8 Å². The Kier molecular flexibility index (Phi) is 7.60. The number of fused-ring (bicyclic) bond motifs is 1. The molecule has 1 saturated heterocycles. The van der Waals surface area contributed by atoms with Crippen LogP contribution in [0.1, 0.15) is 27.7 Å². The number of nitrogen functional groups attached to an aromatic ring is 1. The van der Waals surface area contributed by atoms with E-state index in [1.165, 1.54) is 22.1 Å². The number of aliphatic hydroxyl groups excluding tert-OH is 2. The fourth-order valence-electron chi connectivity index (χ4n) is 4.46. The maximum Gasteiger partial charge on any atom is 0.513 e. The van der Waals surface area contributed by atoms with E-state index in [1.54, 1.807) is 38.4 Å². The number of amides is 1. The molecule has 1 fully saturated rings. The molecule has 4 aromatic rings. The van der Waals surface area contributed by atoms with E-state index in [9.17, 15) is 19.8 Å². The van der Waals surface area contributed by atoms with Crippen LogP contribution in [-0.2, 0) is 15.9 Å². The van der Waals surface area contributed by atoms with Crippen molar-refractivity contribution in [3.05, 3.63) is 77.9 Å². The van der Waals surface area contributed by atoms with Gasteiger partial charge in [-0.2, -0.15) is 0 Å². The lowest BCUT2D eigenvalue weighted by Gasteiger charge is -2.16. The van der Waals surface area contributed by atoms with Gasteiger partial charge in [0.2, 0.25) is 0 Å². The van der Waals surface area contributed by atoms with Crippen LogP contribution in [-0.4, -0.2) is 85.7 Å². The fourth-order valence-corrected chi connectivity index (χ4v) is 4.46. The first kappa shape index (κ1) is 27.0. The molecule has 0 aliphatic carbocycles. The van der Waals surface area contributed by atoms with E-state index < -0.39 is 30.7 Å². The maximum absolute atomic E-state index is 12.4. The smallest absolute Gasteiger partial charge is 0.431 e. The van der Waals surface area contributed by atoms with Crippen molar-refractivity contribution >= 4 is 29.0 Å². The zero-order valence-electron chi connectivity index (χ0n) is 21.7. The van der Waals surface area contributed by atoms with Crippen molar-refractivity contribution in [3.8, 4) is 5.75 Å². The van der Waals surface area contributed by atoms with Crippen LogP contribution in [0.5, 0.6) is 5.75 Å². The Balaban J connectivity index is 1.18. The lowest BCUT2D eigenvalue weighted by Crippen LogP contribution is -2.34. The number of nitrogens with two attached hydrogens (primary N) is 1. The summed E-state index contributed by atoms with van der Waals surface area (Å²) in [5, 5.41) is 21.1. The molecule has 2 aromatic heterocycles. The number of rotatable bonds is 7. The normalized spacial score (nSPS) is 20.4. The van der Waals surface area contributed by atoms with Gasteiger partial charge in [-0.25, -0.2) is 19.7 Å². The van der Waals surface area contributed by atoms with E-state index >= 15 is 0 Å². The number of carbonyl (C=O) groups excluding carboxylic acids is 2. The summed E-state index contributed by atoms with van der Waals surface area (Å²) in [7, 11) is 3.39. The lowest BCUT2D eigenvalue weighted by molar-refractivity contribution is -0.0570. The van der Waals surface area contributed by atoms with E-state index in [0.717, 1.165) is 11.1 Å². The molecular weight excluding hydrogens is 520 g/mol. The molecule has 1 aliphatic rings. The van der Waals surface area contributed by atoms with Crippen molar-refractivity contribution in [1.29, 1.82) is 0 Å². The number of ether oxygens (including phenoxy) is 3. The third kappa shape index (κ3) is 5.57. The molecule has 13 heteroatoms. The molecule has 5 rings (SSSR count). The summed E-state index contributed by atoms with van der Waals surface area (Å²) in [4.78, 5) is 38.3. The first-order valence-electron chi connectivity index (χ1n) is 12.4. The van der Waals surface area contributed by atoms with Gasteiger partial charge in [0.05, 0.1) is 6.33 Å². The number of anilines is 1. The molecule has 0 unspecified atom stereocenters. The molecule has 3 heterocycles. The number of nitrogens with zero attached hydrogens (tertiary/aromatic N) is 5. The third-order valence-electron chi connectivity index (χ3n) is 6.45. The molecule has 4 N–H and O–H groups in total. The summed E-state index contributed by atoms with van der Waals surface area (Å²) in [5.41, 5.74) is 8.82. The van der Waals surface area contributed by atoms with E-state index in [-0.39, 0.29) is 24.1 Å². The van der Waals surface area contributed by atoms with Gasteiger partial charge in [-0.15, -0.1) is 0 Å². The van der Waals surface area contributed by atoms with Crippen LogP contribution in [0, 0.1) is 0 Å². The lowest BCUT2D eigenvalue weighted by atomic mass is 10.0. The molecule has 2 aromatic carbocycles. The Hall–Kier alpha value is -4.59. The molecule has 0 radical (unpaired) electrons. The van der Waals surface area contributed by atoms with Gasteiger partial charge in [0.25, 0.3) is 5.91 Å². The van der Waals surface area contributed by atoms with Crippen LogP contribution >= 0.6 is 0 Å². The van der Waals surface area contributed by atoms with Gasteiger partial charge in [-0.1, -0.05) is 24.3 Å². The van der Waals surface area contributed by atoms with Gasteiger partial charge in [-0.3, -0.25) is 9.36 Å². The SMILES string of the molecule is CN(C)C(=O)c1cccc(Cc2cccc(OC(=O)OC[C@H]3O[C@@H](n4cnc5c(N)ncnc54)[C@H](O)[C@@H]3O)c2)c1. The predicted octanol–water partition coefficient (Wildman–Crippen LogP) is 1.54. The molecule has 0 saturated carbocycles. The molecule has 0 bridgehead atoms. The highest BCUT2D eigenvalue weighted by molar-refractivity contribution is 5.94. The number of benzene rings is 2. The van der Waals surface area contributed by atoms with Crippen LogP contribution in [0.25, 0.3) is 11.2 Å². The highest BCUT2D eigenvalue weighted by Gasteiger charge is 2.45. The molecule has 4 atom stereocenters. The van der Waals surface area contributed by atoms with E-state index in [0.29, 0.717) is 23.1 Å². The molecule has 1 aliphatic heterocycles. The molecular formula is C27H28N6O7. The Labute approximate surface area is 228 Å². The van der Waals surface area contributed by atoms with Crippen LogP contribution in [0.2, 0.25) is 0 Å². The fraction of sp³-hybridized carbons (Fsp3) is 0.296. The standard InChI is InChI=1S/C27H28N6O7/c1-32(2)25(36)17-7-3-5-15(10-17)9-16-6-4-8-18(11-16)39-27(37)38-12-19-21(34)22(35)26(40-19)33-14-31-20-23(28)29-13-30-24(20)33/h3-8,10-11,13-14,19,21-22,26,34-35H,9,12H2,1-2H3,(H2,28,29,30)/t19-,21-,22-,26-/m1/s1. The van der Waals surface area contributed by atoms with Gasteiger partial charge in [0.15, 0.2) is 17.7 Å². The maximum atomic E-state index is 12.4. The first-order chi connectivity index (χ1) is 19.2. The Bertz CT molecular complexity index is 1540. The monoisotopic (exact) mass is 548 g/mol. The van der Waals surface area contributed by atoms with Crippen molar-refractivity contribution in [3.63, 3.8) is 0 Å². The van der Waals surface area contributed by atoms with Gasteiger partial charge in [0, 0.05) is 19.7 Å². The number of hydrogen-bond donors (Lipinski definition) is 3. The van der Waals surface area contributed by atoms with Gasteiger partial charge < -0.3 is 35.1 Å². The zero-order valence-corrected chi connectivity index (χ0v) is 21.7. The summed E-state index contributed by atoms with van der Waals surface area (Å²) in [6.07, 6.45) is -2.64. The Morgan fingerprint density at radius 2 is 1.80 bits per heavy atom. The van der Waals surface area contributed by atoms with Crippen LogP contribution < -0.4 is 10.5 Å². The zero-order chi connectivity index (χ0) is 28.4. The van der Waals surface area contributed by atoms with Crippen molar-refractivity contribution in [2.75, 3.05) is 26.4 Å². The summed E-state index contributed by atoms with van der Waals surface area (Å²) in [5.74, 6) is 0.335. The second kappa shape index (κ2) is 11.3. The van der Waals surface area contributed by atoms with Gasteiger partial charge in [0.1, 0.15) is 42.5 Å². The van der Waals surface area contributed by atoms with E-state index in [2.05, 4.69) is 15.0 Å². The molecule has 0 spiro atoms. The number of carbonyl (C=O) groups is 2. The van der Waals surface area contributed by atoms with Crippen LogP contribution in [0.15, 0.2) is 61.2 Å². The summed E-state index contributed by atoms with van der Waals surface area (Å²) in [6.45, 7) is -0.371. The molecule has 13 nitrogen and oxygen atoms in total. The first-order valence-corrected chi connectivity index (χ1v) is 12.4. The van der Waals surface area contributed by atoms with Crippen LogP contribution in [0.3, 0.4) is 0 Å². The predicted molar refractivity (Wildman–Crippen MR) is 141 cm³/mol. The van der Waals surface area contributed by atoms with Crippen molar-refractivity contribution in [1.82, 2.24) is 24.4 Å². The minimum atomic E-state index is -1.35. The minimum absolute atomic E-state index is 0.0890. The minimum Gasteiger partial charge on any atom is -0.431 e. The number of imidazole rings is 1. The third-order valence-corrected chi connectivity index (χ3v) is 6.45. The van der Waals surface area contributed by atoms with E-state index in [4.69, 9.17) is 19.9 Å². The van der Waals surface area contributed by atoms with E-state index in [1.807, 2.05) is 24.3 Å². The average molecular weight is 549 g/mol. The Morgan fingerprint density at radius 1 is 1.05 bits per heavy atom. The Morgan fingerprint density at radius 3 is 2.58 bits per heavy atom. The summed E-state index contributed by atoms with van der Waals surface area (Å²) >= 11 is 0. The second-order valence-corrected chi connectivity index (χ2v) is 9.52. The molecule has 40 heavy (non-hydrogen) atoms. The highest BCUT2D eigenvalue weighted by Crippen LogP contribution is 2.32. The number of aromatic nitrogens is 4.